The van der Waals surface area contributed by atoms with Gasteiger partial charge in [-0.1, -0.05) is 19.4 Å². The number of nitrogens with one attached hydrogen (secondary N) is 1. The van der Waals surface area contributed by atoms with Crippen molar-refractivity contribution in [3.8, 4) is 0 Å². The highest BCUT2D eigenvalue weighted by Crippen LogP contribution is 2.12. The van der Waals surface area contributed by atoms with Crippen molar-refractivity contribution in [3.63, 3.8) is 0 Å². The van der Waals surface area contributed by atoms with Crippen LogP contribution in [0.15, 0.2) is 11.0 Å². The van der Waals surface area contributed by atoms with Crippen molar-refractivity contribution in [1.29, 1.82) is 0 Å². The molecule has 1 N–H and O–H groups in total. The first-order valence-electron chi connectivity index (χ1n) is 5.08. The van der Waals surface area contributed by atoms with Gasteiger partial charge in [-0.15, -0.1) is 11.3 Å². The van der Waals surface area contributed by atoms with Crippen LogP contribution in [0.2, 0.25) is 0 Å². The average molecular weight is 210 g/mol. The van der Waals surface area contributed by atoms with Crippen LogP contribution in [0.3, 0.4) is 0 Å². The maximum absolute atomic E-state index is 4.42. The number of hydrogen-bond donors (Lipinski definition) is 1. The van der Waals surface area contributed by atoms with E-state index in [1.807, 2.05) is 6.92 Å². The zero-order valence-electron chi connectivity index (χ0n) is 9.13. The van der Waals surface area contributed by atoms with Gasteiger partial charge in [-0.3, -0.25) is 0 Å². The van der Waals surface area contributed by atoms with E-state index < -0.39 is 0 Å². The van der Waals surface area contributed by atoms with E-state index in [1.165, 1.54) is 5.57 Å². The second kappa shape index (κ2) is 5.94. The molecule has 0 aliphatic rings. The van der Waals surface area contributed by atoms with Gasteiger partial charge in [-0.2, -0.15) is 0 Å². The topological polar surface area (TPSA) is 24.9 Å². The van der Waals surface area contributed by atoms with E-state index in [0.717, 1.165) is 30.2 Å². The molecule has 0 aromatic carbocycles. The molecule has 0 saturated carbocycles. The summed E-state index contributed by atoms with van der Waals surface area (Å²) in [5.74, 6) is 0. The minimum atomic E-state index is 0.976. The van der Waals surface area contributed by atoms with E-state index in [0.29, 0.717) is 0 Å². The molecule has 0 radical (unpaired) electrons. The summed E-state index contributed by atoms with van der Waals surface area (Å²) in [6.45, 7) is 8.34. The number of rotatable bonds is 5. The van der Waals surface area contributed by atoms with Crippen molar-refractivity contribution in [3.05, 3.63) is 21.7 Å². The summed E-state index contributed by atoms with van der Waals surface area (Å²) < 4.78 is 0. The Morgan fingerprint density at radius 3 is 2.86 bits per heavy atom. The molecular weight excluding hydrogens is 192 g/mol. The molecule has 0 amide bonds. The van der Waals surface area contributed by atoms with Crippen LogP contribution < -0.4 is 5.32 Å². The molecule has 2 nitrogen and oxygen atoms in total. The maximum atomic E-state index is 4.42. The van der Waals surface area contributed by atoms with Gasteiger partial charge in [-0.05, 0) is 26.0 Å². The molecule has 78 valence electrons. The smallest absolute Gasteiger partial charge is 0.0901 e. The standard InChI is InChI=1S/C11H18N2S/c1-4-10(7-12-5-2)6-11-8-14-9(3)13-11/h6,8,12H,4-5,7H2,1-3H3. The highest BCUT2D eigenvalue weighted by atomic mass is 32.1. The summed E-state index contributed by atoms with van der Waals surface area (Å²) in [5.41, 5.74) is 2.51. The summed E-state index contributed by atoms with van der Waals surface area (Å²) in [6, 6.07) is 0. The number of aryl methyl sites for hydroxylation is 1. The van der Waals surface area contributed by atoms with Crippen LogP contribution in [-0.4, -0.2) is 18.1 Å². The SMILES string of the molecule is CCNCC(=Cc1csc(C)n1)CC. The van der Waals surface area contributed by atoms with E-state index in [-0.39, 0.29) is 0 Å². The minimum absolute atomic E-state index is 0.976. The van der Waals surface area contributed by atoms with Crippen LogP contribution in [0.5, 0.6) is 0 Å². The summed E-state index contributed by atoms with van der Waals surface area (Å²) in [6.07, 6.45) is 3.27. The zero-order chi connectivity index (χ0) is 10.4. The lowest BCUT2D eigenvalue weighted by Crippen LogP contribution is -2.15. The van der Waals surface area contributed by atoms with E-state index in [4.69, 9.17) is 0 Å². The number of nitrogens with zero attached hydrogens (tertiary/aromatic N) is 1. The molecule has 0 aliphatic heterocycles. The predicted molar refractivity (Wildman–Crippen MR) is 63.7 cm³/mol. The van der Waals surface area contributed by atoms with Gasteiger partial charge in [0.15, 0.2) is 0 Å². The molecule has 1 rings (SSSR count). The Balaban J connectivity index is 2.63. The van der Waals surface area contributed by atoms with Crippen LogP contribution in [0.4, 0.5) is 0 Å². The van der Waals surface area contributed by atoms with Crippen molar-refractivity contribution < 1.29 is 0 Å². The Morgan fingerprint density at radius 1 is 1.57 bits per heavy atom. The first kappa shape index (κ1) is 11.4. The third kappa shape index (κ3) is 3.60. The van der Waals surface area contributed by atoms with E-state index in [1.54, 1.807) is 11.3 Å². The summed E-state index contributed by atoms with van der Waals surface area (Å²) in [7, 11) is 0. The van der Waals surface area contributed by atoms with E-state index >= 15 is 0 Å². The van der Waals surface area contributed by atoms with Crippen molar-refractivity contribution in [2.45, 2.75) is 27.2 Å². The second-order valence-corrected chi connectivity index (χ2v) is 4.29. The predicted octanol–water partition coefficient (Wildman–Crippen LogP) is 2.85. The van der Waals surface area contributed by atoms with Gasteiger partial charge < -0.3 is 5.32 Å². The number of likely N-dealkylation sites (N-methyl/N-ethyl adjacent to an activating group) is 1. The highest BCUT2D eigenvalue weighted by molar-refractivity contribution is 7.09. The molecule has 0 aliphatic carbocycles. The molecule has 0 fully saturated rings. The van der Waals surface area contributed by atoms with Crippen LogP contribution in [0.25, 0.3) is 6.08 Å². The fourth-order valence-corrected chi connectivity index (χ4v) is 1.79. The lowest BCUT2D eigenvalue weighted by molar-refractivity contribution is 0.762. The second-order valence-electron chi connectivity index (χ2n) is 3.23. The lowest BCUT2D eigenvalue weighted by atomic mass is 10.2. The van der Waals surface area contributed by atoms with Crippen molar-refractivity contribution in [1.82, 2.24) is 10.3 Å². The summed E-state index contributed by atoms with van der Waals surface area (Å²) in [5, 5.41) is 6.58. The highest BCUT2D eigenvalue weighted by Gasteiger charge is 1.97. The van der Waals surface area contributed by atoms with Crippen molar-refractivity contribution >= 4 is 17.4 Å². The van der Waals surface area contributed by atoms with Crippen molar-refractivity contribution in [2.75, 3.05) is 13.1 Å². The van der Waals surface area contributed by atoms with Crippen molar-refractivity contribution in [2.24, 2.45) is 0 Å². The monoisotopic (exact) mass is 210 g/mol. The lowest BCUT2D eigenvalue weighted by Gasteiger charge is -2.03. The van der Waals surface area contributed by atoms with Crippen LogP contribution in [0.1, 0.15) is 31.0 Å². The van der Waals surface area contributed by atoms with Gasteiger partial charge in [-0.25, -0.2) is 4.98 Å². The Labute approximate surface area is 90.1 Å². The molecule has 0 saturated heterocycles. The third-order valence-electron chi connectivity index (χ3n) is 2.04. The normalized spacial score (nSPS) is 12.1. The minimum Gasteiger partial charge on any atom is -0.313 e. The zero-order valence-corrected chi connectivity index (χ0v) is 9.95. The third-order valence-corrected chi connectivity index (χ3v) is 2.84. The first-order valence-corrected chi connectivity index (χ1v) is 5.96. The van der Waals surface area contributed by atoms with Crippen LogP contribution >= 0.6 is 11.3 Å². The molecule has 0 bridgehead atoms. The van der Waals surface area contributed by atoms with Gasteiger partial charge in [0, 0.05) is 11.9 Å². The Morgan fingerprint density at radius 2 is 2.36 bits per heavy atom. The van der Waals surface area contributed by atoms with Crippen LogP contribution in [-0.2, 0) is 0 Å². The Kier molecular flexibility index (Phi) is 4.84. The maximum Gasteiger partial charge on any atom is 0.0901 e. The number of aromatic nitrogens is 1. The molecule has 1 heterocycles. The summed E-state index contributed by atoms with van der Waals surface area (Å²) >= 11 is 1.70. The Bertz CT molecular complexity index is 302. The quantitative estimate of drug-likeness (QED) is 0.808. The molecular formula is C11H18N2S. The number of hydrogen-bond acceptors (Lipinski definition) is 3. The summed E-state index contributed by atoms with van der Waals surface area (Å²) in [4.78, 5) is 4.42. The largest absolute Gasteiger partial charge is 0.313 e. The van der Waals surface area contributed by atoms with Gasteiger partial charge >= 0.3 is 0 Å². The molecule has 1 aromatic rings. The number of thiazole rings is 1. The van der Waals surface area contributed by atoms with Gasteiger partial charge in [0.05, 0.1) is 10.7 Å². The van der Waals surface area contributed by atoms with Gasteiger partial charge in [0.1, 0.15) is 0 Å². The molecule has 1 aromatic heterocycles. The first-order chi connectivity index (χ1) is 6.76. The molecule has 0 atom stereocenters. The van der Waals surface area contributed by atoms with Crippen LogP contribution in [0, 0.1) is 6.92 Å². The Hall–Kier alpha value is -0.670. The molecule has 0 unspecified atom stereocenters. The van der Waals surface area contributed by atoms with E-state index in [2.05, 4.69) is 35.6 Å². The fourth-order valence-electron chi connectivity index (χ4n) is 1.22. The molecule has 14 heavy (non-hydrogen) atoms. The van der Waals surface area contributed by atoms with E-state index in [9.17, 15) is 0 Å². The molecule has 3 heteroatoms. The van der Waals surface area contributed by atoms with Gasteiger partial charge in [0.25, 0.3) is 0 Å². The fraction of sp³-hybridized carbons (Fsp3) is 0.545. The van der Waals surface area contributed by atoms with Gasteiger partial charge in [0.2, 0.25) is 0 Å². The molecule has 0 spiro atoms. The average Bonchev–Trinajstić information content (AvgIpc) is 2.58.